The Hall–Kier alpha value is -1.71. The first-order valence-corrected chi connectivity index (χ1v) is 5.87. The Balaban J connectivity index is 2.99. The van der Waals surface area contributed by atoms with E-state index in [-0.39, 0.29) is 0 Å². The second-order valence-electron chi connectivity index (χ2n) is 3.66. The predicted octanol–water partition coefficient (Wildman–Crippen LogP) is 2.56. The normalized spacial score (nSPS) is 11.4. The summed E-state index contributed by atoms with van der Waals surface area (Å²) in [6, 6.07) is 5.73. The molecule has 0 atom stereocenters. The average molecular weight is 236 g/mol. The molecule has 0 amide bonds. The lowest BCUT2D eigenvalue weighted by molar-refractivity contribution is 0.277. The van der Waals surface area contributed by atoms with Crippen LogP contribution in [0.15, 0.2) is 23.3 Å². The molecule has 0 heterocycles. The maximum Gasteiger partial charge on any atom is 0.161 e. The summed E-state index contributed by atoms with van der Waals surface area (Å²) in [5.41, 5.74) is 1.72. The quantitative estimate of drug-likeness (QED) is 0.469. The van der Waals surface area contributed by atoms with Crippen LogP contribution in [-0.4, -0.2) is 18.9 Å². The lowest BCUT2D eigenvalue weighted by Crippen LogP contribution is -2.03. The number of rotatable bonds is 6. The van der Waals surface area contributed by atoms with Crippen LogP contribution in [0.3, 0.4) is 0 Å². The van der Waals surface area contributed by atoms with Crippen molar-refractivity contribution >= 4 is 5.71 Å². The van der Waals surface area contributed by atoms with Crippen molar-refractivity contribution in [3.8, 4) is 11.5 Å². The Morgan fingerprint density at radius 1 is 1.24 bits per heavy atom. The first kappa shape index (κ1) is 13.4. The minimum atomic E-state index is 0.602. The van der Waals surface area contributed by atoms with E-state index in [4.69, 9.17) is 15.3 Å². The van der Waals surface area contributed by atoms with Crippen molar-refractivity contribution in [2.24, 2.45) is 10.9 Å². The molecule has 0 aromatic heterocycles. The summed E-state index contributed by atoms with van der Waals surface area (Å²) in [6.45, 7) is 7.16. The highest BCUT2D eigenvalue weighted by Crippen LogP contribution is 2.28. The molecule has 4 heteroatoms. The fraction of sp³-hybridized carbons (Fsp3) is 0.462. The van der Waals surface area contributed by atoms with Gasteiger partial charge < -0.3 is 15.3 Å². The van der Waals surface area contributed by atoms with Crippen LogP contribution in [0.1, 0.15) is 32.8 Å². The molecule has 17 heavy (non-hydrogen) atoms. The number of hydrogen-bond acceptors (Lipinski definition) is 4. The van der Waals surface area contributed by atoms with Crippen LogP contribution in [0.5, 0.6) is 11.5 Å². The fourth-order valence-corrected chi connectivity index (χ4v) is 1.41. The first-order chi connectivity index (χ1) is 8.22. The zero-order valence-corrected chi connectivity index (χ0v) is 10.7. The highest BCUT2D eigenvalue weighted by molar-refractivity contribution is 5.99. The van der Waals surface area contributed by atoms with E-state index in [1.807, 2.05) is 32.0 Å². The maximum absolute atomic E-state index is 5.61. The number of nitrogens with two attached hydrogens (primary N) is 1. The highest BCUT2D eigenvalue weighted by atomic mass is 16.5. The third kappa shape index (κ3) is 3.66. The van der Waals surface area contributed by atoms with E-state index in [9.17, 15) is 0 Å². The van der Waals surface area contributed by atoms with Gasteiger partial charge in [0, 0.05) is 5.56 Å². The summed E-state index contributed by atoms with van der Waals surface area (Å²) < 4.78 is 11.2. The molecule has 1 aromatic carbocycles. The molecule has 0 fully saturated rings. The molecule has 1 rings (SSSR count). The summed E-state index contributed by atoms with van der Waals surface area (Å²) in [5, 5.41) is 3.67. The van der Waals surface area contributed by atoms with Gasteiger partial charge in [-0.25, -0.2) is 0 Å². The Kier molecular flexibility index (Phi) is 5.33. The van der Waals surface area contributed by atoms with Crippen LogP contribution in [0.2, 0.25) is 0 Å². The standard InChI is InChI=1S/C13H20N2O2/c1-4-8-17-12-7-6-11(10(3)15-14)9-13(12)16-5-2/h6-7,9H,4-5,8,14H2,1-3H3/b15-10+. The average Bonchev–Trinajstić information content (AvgIpc) is 2.36. The van der Waals surface area contributed by atoms with Crippen LogP contribution in [0, 0.1) is 0 Å². The highest BCUT2D eigenvalue weighted by Gasteiger charge is 2.07. The van der Waals surface area contributed by atoms with E-state index < -0.39 is 0 Å². The van der Waals surface area contributed by atoms with E-state index in [1.165, 1.54) is 0 Å². The van der Waals surface area contributed by atoms with Gasteiger partial charge >= 0.3 is 0 Å². The Labute approximate surface area is 102 Å². The van der Waals surface area contributed by atoms with Crippen molar-refractivity contribution in [2.75, 3.05) is 13.2 Å². The van der Waals surface area contributed by atoms with E-state index in [1.54, 1.807) is 0 Å². The van der Waals surface area contributed by atoms with Crippen molar-refractivity contribution in [1.29, 1.82) is 0 Å². The third-order valence-corrected chi connectivity index (χ3v) is 2.32. The van der Waals surface area contributed by atoms with Gasteiger partial charge in [-0.05, 0) is 38.5 Å². The van der Waals surface area contributed by atoms with Crippen molar-refractivity contribution in [3.63, 3.8) is 0 Å². The zero-order chi connectivity index (χ0) is 12.7. The minimum absolute atomic E-state index is 0.602. The molecule has 0 unspecified atom stereocenters. The number of hydrogen-bond donors (Lipinski definition) is 1. The molecule has 0 radical (unpaired) electrons. The summed E-state index contributed by atoms with van der Waals surface area (Å²) in [4.78, 5) is 0. The van der Waals surface area contributed by atoms with Gasteiger partial charge in [-0.1, -0.05) is 6.92 Å². The van der Waals surface area contributed by atoms with Crippen LogP contribution in [0.25, 0.3) is 0 Å². The van der Waals surface area contributed by atoms with E-state index in [0.29, 0.717) is 13.2 Å². The molecule has 0 spiro atoms. The summed E-state index contributed by atoms with van der Waals surface area (Å²) >= 11 is 0. The van der Waals surface area contributed by atoms with Gasteiger partial charge in [0.25, 0.3) is 0 Å². The van der Waals surface area contributed by atoms with Gasteiger partial charge in [-0.2, -0.15) is 5.10 Å². The molecule has 0 aliphatic rings. The second kappa shape index (κ2) is 6.78. The fourth-order valence-electron chi connectivity index (χ4n) is 1.41. The summed E-state index contributed by atoms with van der Waals surface area (Å²) in [6.07, 6.45) is 0.969. The van der Waals surface area contributed by atoms with Gasteiger partial charge in [0.15, 0.2) is 11.5 Å². The molecule has 0 aliphatic heterocycles. The van der Waals surface area contributed by atoms with Crippen molar-refractivity contribution in [2.45, 2.75) is 27.2 Å². The molecule has 0 bridgehead atoms. The summed E-state index contributed by atoms with van der Waals surface area (Å²) in [5.74, 6) is 6.77. The van der Waals surface area contributed by atoms with E-state index in [0.717, 1.165) is 29.2 Å². The molecule has 0 saturated carbocycles. The van der Waals surface area contributed by atoms with Gasteiger partial charge in [0.2, 0.25) is 0 Å². The maximum atomic E-state index is 5.61. The summed E-state index contributed by atoms with van der Waals surface area (Å²) in [7, 11) is 0. The molecular formula is C13H20N2O2. The molecule has 0 aliphatic carbocycles. The van der Waals surface area contributed by atoms with Gasteiger partial charge in [0.1, 0.15) is 0 Å². The smallest absolute Gasteiger partial charge is 0.161 e. The number of hydrazone groups is 1. The lowest BCUT2D eigenvalue weighted by atomic mass is 10.1. The van der Waals surface area contributed by atoms with Crippen LogP contribution in [0.4, 0.5) is 0 Å². The lowest BCUT2D eigenvalue weighted by Gasteiger charge is -2.12. The third-order valence-electron chi connectivity index (χ3n) is 2.32. The van der Waals surface area contributed by atoms with Crippen LogP contribution in [-0.2, 0) is 0 Å². The van der Waals surface area contributed by atoms with Crippen molar-refractivity contribution in [1.82, 2.24) is 0 Å². The predicted molar refractivity (Wildman–Crippen MR) is 69.8 cm³/mol. The molecule has 94 valence electrons. The van der Waals surface area contributed by atoms with Gasteiger partial charge in [0.05, 0.1) is 18.9 Å². The topological polar surface area (TPSA) is 56.8 Å². The van der Waals surface area contributed by atoms with Gasteiger partial charge in [-0.3, -0.25) is 0 Å². The van der Waals surface area contributed by atoms with Gasteiger partial charge in [-0.15, -0.1) is 0 Å². The molecule has 4 nitrogen and oxygen atoms in total. The van der Waals surface area contributed by atoms with Crippen molar-refractivity contribution in [3.05, 3.63) is 23.8 Å². The zero-order valence-electron chi connectivity index (χ0n) is 10.7. The van der Waals surface area contributed by atoms with Crippen LogP contribution >= 0.6 is 0 Å². The molecular weight excluding hydrogens is 216 g/mol. The van der Waals surface area contributed by atoms with E-state index >= 15 is 0 Å². The molecule has 2 N–H and O–H groups in total. The Morgan fingerprint density at radius 3 is 2.59 bits per heavy atom. The second-order valence-corrected chi connectivity index (χ2v) is 3.66. The van der Waals surface area contributed by atoms with Crippen molar-refractivity contribution < 1.29 is 9.47 Å². The minimum Gasteiger partial charge on any atom is -0.490 e. The largest absolute Gasteiger partial charge is 0.490 e. The molecule has 1 aromatic rings. The number of nitrogens with zero attached hydrogens (tertiary/aromatic N) is 1. The SMILES string of the molecule is CCCOc1ccc(/C(C)=N/N)cc1OCC. The number of ether oxygens (including phenoxy) is 2. The van der Waals surface area contributed by atoms with E-state index in [2.05, 4.69) is 12.0 Å². The number of benzene rings is 1. The Morgan fingerprint density at radius 2 is 2.00 bits per heavy atom. The van der Waals surface area contributed by atoms with Crippen LogP contribution < -0.4 is 15.3 Å². The first-order valence-electron chi connectivity index (χ1n) is 5.87. The molecule has 0 saturated heterocycles. The Bertz CT molecular complexity index is 389. The monoisotopic (exact) mass is 236 g/mol.